The third kappa shape index (κ3) is 2.78. The van der Waals surface area contributed by atoms with Gasteiger partial charge in [-0.25, -0.2) is 14.8 Å². The van der Waals surface area contributed by atoms with Crippen LogP contribution in [0.15, 0.2) is 41.6 Å². The van der Waals surface area contributed by atoms with Crippen molar-refractivity contribution in [3.8, 4) is 6.07 Å². The molecule has 0 radical (unpaired) electrons. The molecule has 7 nitrogen and oxygen atoms in total. The topological polar surface area (TPSA) is 79.7 Å². The number of aryl methyl sites for hydroxylation is 1. The molecule has 3 aromatic rings. The Hall–Kier alpha value is -2.98. The molecule has 0 bridgehead atoms. The van der Waals surface area contributed by atoms with E-state index in [1.807, 2.05) is 28.8 Å². The molecule has 0 saturated carbocycles. The van der Waals surface area contributed by atoms with Gasteiger partial charge in [0.05, 0.1) is 17.8 Å². The van der Waals surface area contributed by atoms with Crippen LogP contribution in [0.1, 0.15) is 30.0 Å². The average molecular weight is 348 g/mol. The molecule has 2 aromatic heterocycles. The van der Waals surface area contributed by atoms with Gasteiger partial charge in [-0.1, -0.05) is 18.2 Å². The first kappa shape index (κ1) is 16.5. The molecule has 4 rings (SSSR count). The van der Waals surface area contributed by atoms with E-state index in [0.717, 1.165) is 49.1 Å². The van der Waals surface area contributed by atoms with E-state index < -0.39 is 0 Å². The molecule has 0 unspecified atom stereocenters. The quantitative estimate of drug-likeness (QED) is 0.721. The Balaban J connectivity index is 1.52. The highest BCUT2D eigenvalue weighted by Gasteiger charge is 2.25. The van der Waals surface area contributed by atoms with Crippen molar-refractivity contribution < 1.29 is 0 Å². The van der Waals surface area contributed by atoms with E-state index >= 15 is 0 Å². The average Bonchev–Trinajstić information content (AvgIpc) is 2.94. The molecule has 1 aromatic carbocycles. The summed E-state index contributed by atoms with van der Waals surface area (Å²) < 4.78 is 3.43. The van der Waals surface area contributed by atoms with Crippen LogP contribution in [0.25, 0.3) is 11.2 Å². The van der Waals surface area contributed by atoms with E-state index in [1.54, 1.807) is 17.8 Å². The Morgan fingerprint density at radius 3 is 2.81 bits per heavy atom. The van der Waals surface area contributed by atoms with E-state index in [2.05, 4.69) is 20.9 Å². The number of aromatic nitrogens is 4. The number of piperidine rings is 1. The number of nitriles is 1. The van der Waals surface area contributed by atoms with Crippen molar-refractivity contribution in [1.82, 2.24) is 24.0 Å². The normalized spacial score (nSPS) is 16.0. The van der Waals surface area contributed by atoms with Crippen LogP contribution in [0, 0.1) is 11.3 Å². The number of fused-ring (bicyclic) bond motifs is 1. The Bertz CT molecular complexity index is 1040. The first-order chi connectivity index (χ1) is 12.7. The summed E-state index contributed by atoms with van der Waals surface area (Å²) in [5.41, 5.74) is 3.23. The fourth-order valence-corrected chi connectivity index (χ4v) is 3.77. The van der Waals surface area contributed by atoms with E-state index in [-0.39, 0.29) is 11.7 Å². The predicted molar refractivity (Wildman–Crippen MR) is 97.5 cm³/mol. The lowest BCUT2D eigenvalue weighted by molar-refractivity contribution is 0.179. The van der Waals surface area contributed by atoms with Gasteiger partial charge in [-0.3, -0.25) is 14.0 Å². The second-order valence-electron chi connectivity index (χ2n) is 6.72. The SMILES string of the molecule is Cn1c(=O)n(C2CCN(Cc3ccccc3C#N)CC2)c2ncncc21. The maximum atomic E-state index is 12.7. The fourth-order valence-electron chi connectivity index (χ4n) is 3.77. The van der Waals surface area contributed by atoms with Crippen molar-refractivity contribution in [2.45, 2.75) is 25.4 Å². The van der Waals surface area contributed by atoms with Gasteiger partial charge in [0.2, 0.25) is 0 Å². The van der Waals surface area contributed by atoms with Crippen LogP contribution in [0.3, 0.4) is 0 Å². The molecular weight excluding hydrogens is 328 g/mol. The summed E-state index contributed by atoms with van der Waals surface area (Å²) in [4.78, 5) is 23.4. The van der Waals surface area contributed by atoms with Crippen LogP contribution in [0.4, 0.5) is 0 Å². The molecule has 1 aliphatic heterocycles. The lowest BCUT2D eigenvalue weighted by atomic mass is 10.0. The van der Waals surface area contributed by atoms with Crippen LogP contribution in [0.5, 0.6) is 0 Å². The summed E-state index contributed by atoms with van der Waals surface area (Å²) in [6.07, 6.45) is 4.95. The van der Waals surface area contributed by atoms with Gasteiger partial charge in [0.1, 0.15) is 11.8 Å². The second kappa shape index (κ2) is 6.73. The minimum Gasteiger partial charge on any atom is -0.299 e. The molecular formula is C19H20N6O. The number of hydrogen-bond donors (Lipinski definition) is 0. The molecule has 132 valence electrons. The summed E-state index contributed by atoms with van der Waals surface area (Å²) in [7, 11) is 1.76. The van der Waals surface area contributed by atoms with Crippen LogP contribution in [0.2, 0.25) is 0 Å². The molecule has 0 atom stereocenters. The Morgan fingerprint density at radius 1 is 1.27 bits per heavy atom. The highest BCUT2D eigenvalue weighted by molar-refractivity contribution is 5.70. The first-order valence-corrected chi connectivity index (χ1v) is 8.76. The minimum absolute atomic E-state index is 0.0335. The van der Waals surface area contributed by atoms with Gasteiger partial charge in [0.15, 0.2) is 5.65 Å². The number of rotatable bonds is 3. The predicted octanol–water partition coefficient (Wildman–Crippen LogP) is 1.84. The summed E-state index contributed by atoms with van der Waals surface area (Å²) >= 11 is 0. The molecule has 0 amide bonds. The third-order valence-corrected chi connectivity index (χ3v) is 5.21. The summed E-state index contributed by atoms with van der Waals surface area (Å²) in [6, 6.07) is 10.1. The second-order valence-corrected chi connectivity index (χ2v) is 6.72. The number of nitrogens with zero attached hydrogens (tertiary/aromatic N) is 6. The minimum atomic E-state index is -0.0335. The molecule has 1 fully saturated rings. The van der Waals surface area contributed by atoms with Gasteiger partial charge in [-0.15, -0.1) is 0 Å². The van der Waals surface area contributed by atoms with Gasteiger partial charge in [0.25, 0.3) is 0 Å². The van der Waals surface area contributed by atoms with Crippen molar-refractivity contribution in [2.75, 3.05) is 13.1 Å². The van der Waals surface area contributed by atoms with E-state index in [1.165, 1.54) is 6.33 Å². The van der Waals surface area contributed by atoms with E-state index in [0.29, 0.717) is 5.65 Å². The van der Waals surface area contributed by atoms with Gasteiger partial charge in [-0.05, 0) is 24.5 Å². The summed E-state index contributed by atoms with van der Waals surface area (Å²) in [5, 5.41) is 9.25. The molecule has 26 heavy (non-hydrogen) atoms. The number of likely N-dealkylation sites (tertiary alicyclic amines) is 1. The molecule has 1 saturated heterocycles. The van der Waals surface area contributed by atoms with E-state index in [4.69, 9.17) is 0 Å². The molecule has 0 spiro atoms. The summed E-state index contributed by atoms with van der Waals surface area (Å²) in [5.74, 6) is 0. The standard InChI is InChI=1S/C19H20N6O/c1-23-17-11-21-13-22-18(17)25(19(23)26)16-6-8-24(9-7-16)12-15-5-3-2-4-14(15)10-20/h2-5,11,13,16H,6-9,12H2,1H3. The van der Waals surface area contributed by atoms with Crippen molar-refractivity contribution in [3.63, 3.8) is 0 Å². The molecule has 0 N–H and O–H groups in total. The number of imidazole rings is 1. The zero-order valence-electron chi connectivity index (χ0n) is 14.7. The molecule has 3 heterocycles. The van der Waals surface area contributed by atoms with Crippen molar-refractivity contribution in [2.24, 2.45) is 7.05 Å². The highest BCUT2D eigenvalue weighted by Crippen LogP contribution is 2.25. The van der Waals surface area contributed by atoms with Gasteiger partial charge in [0, 0.05) is 32.7 Å². The smallest absolute Gasteiger partial charge is 0.299 e. The first-order valence-electron chi connectivity index (χ1n) is 8.76. The number of hydrogen-bond acceptors (Lipinski definition) is 5. The van der Waals surface area contributed by atoms with Gasteiger partial charge in [-0.2, -0.15) is 5.26 Å². The van der Waals surface area contributed by atoms with Crippen molar-refractivity contribution in [3.05, 3.63) is 58.4 Å². The molecule has 7 heteroatoms. The molecule has 0 aliphatic carbocycles. The van der Waals surface area contributed by atoms with Gasteiger partial charge < -0.3 is 0 Å². The third-order valence-electron chi connectivity index (χ3n) is 5.21. The summed E-state index contributed by atoms with van der Waals surface area (Å²) in [6.45, 7) is 2.54. The van der Waals surface area contributed by atoms with Crippen molar-refractivity contribution in [1.29, 1.82) is 5.26 Å². The number of benzene rings is 1. The van der Waals surface area contributed by atoms with Crippen LogP contribution in [-0.4, -0.2) is 37.1 Å². The zero-order chi connectivity index (χ0) is 18.1. The van der Waals surface area contributed by atoms with Crippen LogP contribution in [-0.2, 0) is 13.6 Å². The largest absolute Gasteiger partial charge is 0.330 e. The van der Waals surface area contributed by atoms with Gasteiger partial charge >= 0.3 is 5.69 Å². The monoisotopic (exact) mass is 348 g/mol. The van der Waals surface area contributed by atoms with E-state index in [9.17, 15) is 10.1 Å². The molecule has 1 aliphatic rings. The van der Waals surface area contributed by atoms with Crippen molar-refractivity contribution >= 4 is 11.2 Å². The lowest BCUT2D eigenvalue weighted by Crippen LogP contribution is -2.37. The van der Waals surface area contributed by atoms with Crippen LogP contribution < -0.4 is 5.69 Å². The Kier molecular flexibility index (Phi) is 4.27. The Morgan fingerprint density at radius 2 is 2.04 bits per heavy atom. The zero-order valence-corrected chi connectivity index (χ0v) is 14.7. The lowest BCUT2D eigenvalue weighted by Gasteiger charge is -2.32. The fraction of sp³-hybridized carbons (Fsp3) is 0.368. The highest BCUT2D eigenvalue weighted by atomic mass is 16.1. The maximum Gasteiger partial charge on any atom is 0.330 e. The van der Waals surface area contributed by atoms with Crippen LogP contribution >= 0.6 is 0 Å². The maximum absolute atomic E-state index is 12.7. The Labute approximate surface area is 151 Å².